The SMILES string of the molecule is CCNc1ncc(S(=O)(=O)NCC2(C(C)C)CC2)cn1. The molecule has 0 bridgehead atoms. The molecule has 1 saturated carbocycles. The van der Waals surface area contributed by atoms with Gasteiger partial charge in [-0.1, -0.05) is 13.8 Å². The Bertz CT molecular complexity index is 550. The molecule has 0 amide bonds. The summed E-state index contributed by atoms with van der Waals surface area (Å²) in [5, 5.41) is 2.93. The van der Waals surface area contributed by atoms with Crippen LogP contribution in [0.2, 0.25) is 0 Å². The molecule has 1 fully saturated rings. The van der Waals surface area contributed by atoms with E-state index in [4.69, 9.17) is 0 Å². The zero-order valence-corrected chi connectivity index (χ0v) is 13.0. The van der Waals surface area contributed by atoms with E-state index in [1.165, 1.54) is 12.4 Å². The van der Waals surface area contributed by atoms with Crippen molar-refractivity contribution in [1.82, 2.24) is 14.7 Å². The van der Waals surface area contributed by atoms with Crippen LogP contribution in [0.1, 0.15) is 33.6 Å². The number of rotatable bonds is 7. The number of nitrogens with one attached hydrogen (secondary N) is 2. The third-order valence-corrected chi connectivity index (χ3v) is 5.36. The molecule has 0 unspecified atom stereocenters. The summed E-state index contributed by atoms with van der Waals surface area (Å²) in [6.45, 7) is 7.38. The molecule has 0 atom stereocenters. The van der Waals surface area contributed by atoms with E-state index in [0.717, 1.165) is 12.8 Å². The number of aromatic nitrogens is 2. The van der Waals surface area contributed by atoms with Gasteiger partial charge >= 0.3 is 0 Å². The minimum atomic E-state index is -3.52. The first kappa shape index (κ1) is 15.2. The number of anilines is 1. The molecule has 0 aliphatic heterocycles. The Morgan fingerprint density at radius 1 is 1.30 bits per heavy atom. The van der Waals surface area contributed by atoms with Gasteiger partial charge < -0.3 is 5.32 Å². The maximum Gasteiger partial charge on any atom is 0.243 e. The number of sulfonamides is 1. The lowest BCUT2D eigenvalue weighted by molar-refractivity contribution is 0.357. The summed E-state index contributed by atoms with van der Waals surface area (Å²) in [5.41, 5.74) is 0.137. The minimum Gasteiger partial charge on any atom is -0.355 e. The highest BCUT2D eigenvalue weighted by Gasteiger charge is 2.45. The van der Waals surface area contributed by atoms with Crippen molar-refractivity contribution >= 4 is 16.0 Å². The Morgan fingerprint density at radius 2 is 1.90 bits per heavy atom. The Hall–Kier alpha value is -1.21. The highest BCUT2D eigenvalue weighted by atomic mass is 32.2. The molecule has 1 aliphatic carbocycles. The van der Waals surface area contributed by atoms with Crippen LogP contribution in [-0.2, 0) is 10.0 Å². The Kier molecular flexibility index (Phi) is 4.29. The summed E-state index contributed by atoms with van der Waals surface area (Å²) in [7, 11) is -3.52. The third-order valence-electron chi connectivity index (χ3n) is 4.00. The molecule has 6 nitrogen and oxygen atoms in total. The van der Waals surface area contributed by atoms with Crippen molar-refractivity contribution in [2.45, 2.75) is 38.5 Å². The molecule has 112 valence electrons. The van der Waals surface area contributed by atoms with Crippen LogP contribution in [0.3, 0.4) is 0 Å². The molecule has 0 saturated heterocycles. The fourth-order valence-corrected chi connectivity index (χ4v) is 3.17. The maximum absolute atomic E-state index is 12.2. The molecule has 1 aliphatic rings. The van der Waals surface area contributed by atoms with Gasteiger partial charge in [-0.05, 0) is 31.1 Å². The molecule has 1 aromatic heterocycles. The van der Waals surface area contributed by atoms with Crippen molar-refractivity contribution in [3.8, 4) is 0 Å². The number of hydrogen-bond donors (Lipinski definition) is 2. The second kappa shape index (κ2) is 5.65. The van der Waals surface area contributed by atoms with E-state index in [1.807, 2.05) is 6.92 Å². The lowest BCUT2D eigenvalue weighted by Crippen LogP contribution is -2.32. The lowest BCUT2D eigenvalue weighted by atomic mass is 9.93. The summed E-state index contributed by atoms with van der Waals surface area (Å²) in [4.78, 5) is 8.09. The molecular formula is C13H22N4O2S. The summed E-state index contributed by atoms with van der Waals surface area (Å²) in [6.07, 6.45) is 4.84. The molecular weight excluding hydrogens is 276 g/mol. The highest BCUT2D eigenvalue weighted by Crippen LogP contribution is 2.51. The van der Waals surface area contributed by atoms with Crippen LogP contribution >= 0.6 is 0 Å². The van der Waals surface area contributed by atoms with Crippen molar-refractivity contribution in [2.75, 3.05) is 18.4 Å². The van der Waals surface area contributed by atoms with E-state index in [-0.39, 0.29) is 10.3 Å². The predicted octanol–water partition coefficient (Wildman–Crippen LogP) is 1.62. The van der Waals surface area contributed by atoms with Crippen LogP contribution in [0.25, 0.3) is 0 Å². The largest absolute Gasteiger partial charge is 0.355 e. The summed E-state index contributed by atoms with van der Waals surface area (Å²) >= 11 is 0. The van der Waals surface area contributed by atoms with Gasteiger partial charge in [0.25, 0.3) is 0 Å². The lowest BCUT2D eigenvalue weighted by Gasteiger charge is -2.19. The first-order valence-corrected chi connectivity index (χ1v) is 8.43. The van der Waals surface area contributed by atoms with Crippen LogP contribution in [0.4, 0.5) is 5.95 Å². The van der Waals surface area contributed by atoms with Crippen molar-refractivity contribution in [3.63, 3.8) is 0 Å². The molecule has 0 radical (unpaired) electrons. The zero-order chi connectivity index (χ0) is 14.8. The van der Waals surface area contributed by atoms with Gasteiger partial charge in [0.15, 0.2) is 0 Å². The van der Waals surface area contributed by atoms with Gasteiger partial charge in [0, 0.05) is 13.1 Å². The number of hydrogen-bond acceptors (Lipinski definition) is 5. The van der Waals surface area contributed by atoms with E-state index in [0.29, 0.717) is 25.0 Å². The summed E-state index contributed by atoms with van der Waals surface area (Å²) in [6, 6.07) is 0. The van der Waals surface area contributed by atoms with E-state index < -0.39 is 10.0 Å². The standard InChI is InChI=1S/C13H22N4O2S/c1-4-14-12-15-7-11(8-16-12)20(18,19)17-9-13(5-6-13)10(2)3/h7-8,10,17H,4-6,9H2,1-3H3,(H,14,15,16). The predicted molar refractivity (Wildman–Crippen MR) is 77.9 cm³/mol. The smallest absolute Gasteiger partial charge is 0.243 e. The fraction of sp³-hybridized carbons (Fsp3) is 0.692. The molecule has 1 heterocycles. The molecule has 1 aromatic rings. The second-order valence-corrected chi connectivity index (χ2v) is 7.38. The van der Waals surface area contributed by atoms with Gasteiger partial charge in [-0.2, -0.15) is 0 Å². The third kappa shape index (κ3) is 3.27. The summed E-state index contributed by atoms with van der Waals surface area (Å²) in [5.74, 6) is 0.921. The van der Waals surface area contributed by atoms with E-state index in [1.54, 1.807) is 0 Å². The highest BCUT2D eigenvalue weighted by molar-refractivity contribution is 7.89. The summed E-state index contributed by atoms with van der Waals surface area (Å²) < 4.78 is 27.1. The average Bonchev–Trinajstić information content (AvgIpc) is 3.19. The van der Waals surface area contributed by atoms with Gasteiger partial charge in [-0.3, -0.25) is 0 Å². The quantitative estimate of drug-likeness (QED) is 0.799. The average molecular weight is 298 g/mol. The maximum atomic E-state index is 12.2. The molecule has 2 rings (SSSR count). The topological polar surface area (TPSA) is 84.0 Å². The van der Waals surface area contributed by atoms with Crippen LogP contribution in [-0.4, -0.2) is 31.5 Å². The van der Waals surface area contributed by atoms with Crippen LogP contribution in [0.15, 0.2) is 17.3 Å². The van der Waals surface area contributed by atoms with E-state index in [2.05, 4.69) is 33.9 Å². The Labute approximate surface area is 120 Å². The molecule has 0 aromatic carbocycles. The van der Waals surface area contributed by atoms with Crippen LogP contribution in [0, 0.1) is 11.3 Å². The van der Waals surface area contributed by atoms with Crippen molar-refractivity contribution in [1.29, 1.82) is 0 Å². The van der Waals surface area contributed by atoms with Gasteiger partial charge in [0.05, 0.1) is 12.4 Å². The van der Waals surface area contributed by atoms with E-state index in [9.17, 15) is 8.42 Å². The van der Waals surface area contributed by atoms with E-state index >= 15 is 0 Å². The normalized spacial score (nSPS) is 17.2. The molecule has 2 N–H and O–H groups in total. The molecule has 20 heavy (non-hydrogen) atoms. The second-order valence-electron chi connectivity index (χ2n) is 5.61. The van der Waals surface area contributed by atoms with Gasteiger partial charge in [0.2, 0.25) is 16.0 Å². The fourth-order valence-electron chi connectivity index (χ4n) is 2.15. The Balaban J connectivity index is 2.03. The zero-order valence-electron chi connectivity index (χ0n) is 12.2. The van der Waals surface area contributed by atoms with Crippen LogP contribution < -0.4 is 10.0 Å². The van der Waals surface area contributed by atoms with Crippen molar-refractivity contribution < 1.29 is 8.42 Å². The first-order valence-electron chi connectivity index (χ1n) is 6.95. The monoisotopic (exact) mass is 298 g/mol. The number of nitrogens with zero attached hydrogens (tertiary/aromatic N) is 2. The Morgan fingerprint density at radius 3 is 2.35 bits per heavy atom. The first-order chi connectivity index (χ1) is 9.39. The van der Waals surface area contributed by atoms with Gasteiger partial charge in [0.1, 0.15) is 4.90 Å². The van der Waals surface area contributed by atoms with Gasteiger partial charge in [-0.15, -0.1) is 0 Å². The van der Waals surface area contributed by atoms with Gasteiger partial charge in [-0.25, -0.2) is 23.1 Å². The molecule has 7 heteroatoms. The van der Waals surface area contributed by atoms with Crippen LogP contribution in [0.5, 0.6) is 0 Å². The minimum absolute atomic E-state index is 0.110. The molecule has 0 spiro atoms. The van der Waals surface area contributed by atoms with Crippen molar-refractivity contribution in [3.05, 3.63) is 12.4 Å². The van der Waals surface area contributed by atoms with Crippen molar-refractivity contribution in [2.24, 2.45) is 11.3 Å².